The summed E-state index contributed by atoms with van der Waals surface area (Å²) in [6.45, 7) is 0. The Morgan fingerprint density at radius 3 is 2.00 bits per heavy atom. The van der Waals surface area contributed by atoms with Crippen molar-refractivity contribution in [1.29, 1.82) is 0 Å². The highest BCUT2D eigenvalue weighted by atomic mass is 79.9. The van der Waals surface area contributed by atoms with Gasteiger partial charge in [0.2, 0.25) is 0 Å². The lowest BCUT2D eigenvalue weighted by Gasteiger charge is -2.40. The van der Waals surface area contributed by atoms with Crippen LogP contribution < -0.4 is 0 Å². The fraction of sp³-hybridized carbons (Fsp3) is 0.0625. The number of fused-ring (bicyclic) bond motifs is 9. The van der Waals surface area contributed by atoms with Crippen LogP contribution in [0.15, 0.2) is 122 Å². The lowest BCUT2D eigenvalue weighted by molar-refractivity contribution is 0.722. The zero-order valence-corrected chi connectivity index (χ0v) is 23.4. The Morgan fingerprint density at radius 1 is 0.667 bits per heavy atom. The van der Waals surface area contributed by atoms with Gasteiger partial charge in [0.05, 0.1) is 5.41 Å². The Labute approximate surface area is 233 Å². The fourth-order valence-corrected chi connectivity index (χ4v) is 8.35. The number of hydrogen-bond acceptors (Lipinski definition) is 2. The van der Waals surface area contributed by atoms with Crippen LogP contribution in [0.3, 0.4) is 0 Å². The standard InChI is InChI=1S/C32H20BrClS2/c1-35-31-18-21(34)12-13-22(31)19-10-14-29-27(16-19)32(28-17-20(33)11-15-30(28)36-29)25-8-4-2-6-23(25)24-7-3-5-9-26(24)32/h2-18H,1H3. The van der Waals surface area contributed by atoms with Crippen LogP contribution in [0.1, 0.15) is 22.3 Å². The van der Waals surface area contributed by atoms with E-state index < -0.39 is 0 Å². The van der Waals surface area contributed by atoms with Gasteiger partial charge in [-0.25, -0.2) is 0 Å². The molecule has 0 bridgehead atoms. The molecule has 0 N–H and O–H groups in total. The predicted molar refractivity (Wildman–Crippen MR) is 158 cm³/mol. The quantitative estimate of drug-likeness (QED) is 0.186. The molecule has 36 heavy (non-hydrogen) atoms. The van der Waals surface area contributed by atoms with E-state index in [-0.39, 0.29) is 5.41 Å². The maximum Gasteiger partial charge on any atom is 0.0735 e. The van der Waals surface area contributed by atoms with Crippen molar-refractivity contribution in [3.8, 4) is 22.3 Å². The molecule has 0 fully saturated rings. The summed E-state index contributed by atoms with van der Waals surface area (Å²) in [6, 6.07) is 37.8. The van der Waals surface area contributed by atoms with Gasteiger partial charge in [-0.2, -0.15) is 0 Å². The Morgan fingerprint density at radius 2 is 1.31 bits per heavy atom. The van der Waals surface area contributed by atoms with E-state index in [0.29, 0.717) is 0 Å². The van der Waals surface area contributed by atoms with Crippen molar-refractivity contribution in [3.05, 3.63) is 135 Å². The third-order valence-electron chi connectivity index (χ3n) is 7.38. The molecule has 0 saturated carbocycles. The predicted octanol–water partition coefficient (Wildman–Crippen LogP) is 10.3. The highest BCUT2D eigenvalue weighted by molar-refractivity contribution is 9.10. The van der Waals surface area contributed by atoms with Crippen molar-refractivity contribution in [1.82, 2.24) is 0 Å². The Bertz CT molecular complexity index is 1640. The molecule has 0 saturated heterocycles. The molecule has 0 unspecified atom stereocenters. The molecule has 1 spiro atoms. The summed E-state index contributed by atoms with van der Waals surface area (Å²) in [5.74, 6) is 0. The molecule has 174 valence electrons. The van der Waals surface area contributed by atoms with E-state index in [1.54, 1.807) is 11.8 Å². The first-order chi connectivity index (χ1) is 17.6. The van der Waals surface area contributed by atoms with Gasteiger partial charge in [0, 0.05) is 24.2 Å². The molecular formula is C32H20BrClS2. The first kappa shape index (κ1) is 22.7. The van der Waals surface area contributed by atoms with E-state index in [1.807, 2.05) is 17.8 Å². The summed E-state index contributed by atoms with van der Waals surface area (Å²) in [5.41, 5.74) is 10.1. The molecule has 0 aromatic heterocycles. The molecule has 1 aliphatic heterocycles. The number of rotatable bonds is 2. The molecule has 7 rings (SSSR count). The lowest BCUT2D eigenvalue weighted by Crippen LogP contribution is -2.32. The highest BCUT2D eigenvalue weighted by Gasteiger charge is 2.50. The van der Waals surface area contributed by atoms with Gasteiger partial charge in [0.1, 0.15) is 0 Å². The summed E-state index contributed by atoms with van der Waals surface area (Å²) >= 11 is 13.8. The SMILES string of the molecule is CSc1cc(Cl)ccc1-c1ccc2c(c1)C1(c3cc(Br)ccc3S2)c2ccccc2-c2ccccc21. The second kappa shape index (κ2) is 8.56. The van der Waals surface area contributed by atoms with Gasteiger partial charge in [0.25, 0.3) is 0 Å². The van der Waals surface area contributed by atoms with Crippen LogP contribution in [-0.2, 0) is 5.41 Å². The molecular weight excluding hydrogens is 564 g/mol. The molecule has 0 amide bonds. The highest BCUT2D eigenvalue weighted by Crippen LogP contribution is 2.62. The maximum absolute atomic E-state index is 6.36. The fourth-order valence-electron chi connectivity index (χ4n) is 5.95. The van der Waals surface area contributed by atoms with Crippen LogP contribution in [-0.4, -0.2) is 6.26 Å². The Balaban J connectivity index is 1.61. The summed E-state index contributed by atoms with van der Waals surface area (Å²) in [4.78, 5) is 3.80. The lowest BCUT2D eigenvalue weighted by atomic mass is 9.67. The summed E-state index contributed by atoms with van der Waals surface area (Å²) < 4.78 is 1.10. The number of hydrogen-bond donors (Lipinski definition) is 0. The zero-order valence-electron chi connectivity index (χ0n) is 19.4. The normalized spacial score (nSPS) is 14.2. The van der Waals surface area contributed by atoms with Crippen LogP contribution in [0.5, 0.6) is 0 Å². The minimum absolute atomic E-state index is 0.380. The van der Waals surface area contributed by atoms with Crippen LogP contribution in [0.4, 0.5) is 0 Å². The van der Waals surface area contributed by atoms with E-state index >= 15 is 0 Å². The maximum atomic E-state index is 6.36. The van der Waals surface area contributed by atoms with Crippen molar-refractivity contribution >= 4 is 51.1 Å². The van der Waals surface area contributed by atoms with E-state index in [4.69, 9.17) is 11.6 Å². The second-order valence-electron chi connectivity index (χ2n) is 9.14. The van der Waals surface area contributed by atoms with Gasteiger partial charge in [-0.1, -0.05) is 100.0 Å². The third-order valence-corrected chi connectivity index (χ3v) is 10.0. The van der Waals surface area contributed by atoms with Gasteiger partial charge in [-0.3, -0.25) is 0 Å². The van der Waals surface area contributed by atoms with Crippen LogP contribution in [0, 0.1) is 0 Å². The van der Waals surface area contributed by atoms with Crippen molar-refractivity contribution in [2.24, 2.45) is 0 Å². The molecule has 2 aliphatic rings. The molecule has 0 atom stereocenters. The van der Waals surface area contributed by atoms with Gasteiger partial charge >= 0.3 is 0 Å². The summed E-state index contributed by atoms with van der Waals surface area (Å²) in [6.07, 6.45) is 2.11. The van der Waals surface area contributed by atoms with Crippen molar-refractivity contribution < 1.29 is 0 Å². The zero-order chi connectivity index (χ0) is 24.4. The molecule has 4 heteroatoms. The number of halogens is 2. The average Bonchev–Trinajstić information content (AvgIpc) is 3.20. The van der Waals surface area contributed by atoms with Gasteiger partial charge < -0.3 is 0 Å². The van der Waals surface area contributed by atoms with Gasteiger partial charge in [0.15, 0.2) is 0 Å². The van der Waals surface area contributed by atoms with Crippen molar-refractivity contribution in [3.63, 3.8) is 0 Å². The first-order valence-electron chi connectivity index (χ1n) is 11.8. The summed E-state index contributed by atoms with van der Waals surface area (Å²) in [7, 11) is 0. The topological polar surface area (TPSA) is 0 Å². The molecule has 1 heterocycles. The second-order valence-corrected chi connectivity index (χ2v) is 12.4. The van der Waals surface area contributed by atoms with Crippen LogP contribution >= 0.6 is 51.1 Å². The largest absolute Gasteiger partial charge is 0.129 e. The number of thioether (sulfide) groups is 1. The molecule has 0 nitrogen and oxygen atoms in total. The Kier molecular flexibility index (Phi) is 5.41. The first-order valence-corrected chi connectivity index (χ1v) is 15.0. The summed E-state index contributed by atoms with van der Waals surface area (Å²) in [5, 5.41) is 0.769. The molecule has 5 aromatic rings. The van der Waals surface area contributed by atoms with E-state index in [2.05, 4.69) is 119 Å². The smallest absolute Gasteiger partial charge is 0.0735 e. The minimum Gasteiger partial charge on any atom is -0.129 e. The van der Waals surface area contributed by atoms with E-state index in [1.165, 1.54) is 59.2 Å². The van der Waals surface area contributed by atoms with Crippen LogP contribution in [0.25, 0.3) is 22.3 Å². The molecule has 0 radical (unpaired) electrons. The minimum atomic E-state index is -0.380. The average molecular weight is 584 g/mol. The van der Waals surface area contributed by atoms with E-state index in [9.17, 15) is 0 Å². The van der Waals surface area contributed by atoms with Crippen molar-refractivity contribution in [2.75, 3.05) is 6.26 Å². The number of benzene rings is 5. The third kappa shape index (κ3) is 3.16. The molecule has 1 aliphatic carbocycles. The Hall–Kier alpha value is -2.43. The van der Waals surface area contributed by atoms with Crippen molar-refractivity contribution in [2.45, 2.75) is 20.1 Å². The van der Waals surface area contributed by atoms with Gasteiger partial charge in [-0.15, -0.1) is 11.8 Å². The van der Waals surface area contributed by atoms with Gasteiger partial charge in [-0.05, 0) is 93.2 Å². The van der Waals surface area contributed by atoms with Crippen LogP contribution in [0.2, 0.25) is 5.02 Å². The van der Waals surface area contributed by atoms with E-state index in [0.717, 1.165) is 9.50 Å². The molecule has 5 aromatic carbocycles. The monoisotopic (exact) mass is 582 g/mol.